The van der Waals surface area contributed by atoms with E-state index in [2.05, 4.69) is 15.8 Å². The number of rotatable bonds is 4. The van der Waals surface area contributed by atoms with E-state index in [0.717, 1.165) is 12.0 Å². The number of fused-ring (bicyclic) bond motifs is 1. The van der Waals surface area contributed by atoms with Crippen molar-refractivity contribution in [1.29, 1.82) is 0 Å². The number of hydrazone groups is 1. The summed E-state index contributed by atoms with van der Waals surface area (Å²) in [5, 5.41) is 8.45. The fraction of sp³-hybridized carbons (Fsp3) is 0.174. The van der Waals surface area contributed by atoms with Crippen molar-refractivity contribution in [3.8, 4) is 0 Å². The fourth-order valence-corrected chi connectivity index (χ4v) is 4.40. The molecule has 3 aromatic rings. The first-order chi connectivity index (χ1) is 15.7. The van der Waals surface area contributed by atoms with Crippen LogP contribution in [0.5, 0.6) is 0 Å². The van der Waals surface area contributed by atoms with Gasteiger partial charge in [0, 0.05) is 28.3 Å². The Labute approximate surface area is 209 Å². The smallest absolute Gasteiger partial charge is 0.291 e. The van der Waals surface area contributed by atoms with Gasteiger partial charge in [-0.05, 0) is 56.2 Å². The first-order valence-corrected chi connectivity index (χ1v) is 11.5. The Kier molecular flexibility index (Phi) is 7.00. The molecule has 0 spiro atoms. The fourth-order valence-electron chi connectivity index (χ4n) is 3.61. The summed E-state index contributed by atoms with van der Waals surface area (Å²) in [7, 11) is 0. The van der Waals surface area contributed by atoms with Gasteiger partial charge in [-0.3, -0.25) is 9.59 Å². The van der Waals surface area contributed by atoms with Gasteiger partial charge in [-0.15, -0.1) is 0 Å². The summed E-state index contributed by atoms with van der Waals surface area (Å²) < 4.78 is 5.88. The quantitative estimate of drug-likeness (QED) is 0.363. The van der Waals surface area contributed by atoms with Crippen LogP contribution in [0.2, 0.25) is 20.1 Å². The van der Waals surface area contributed by atoms with Crippen molar-refractivity contribution in [1.82, 2.24) is 5.43 Å². The standard InChI is InChI=1S/C23H17Cl4N3O3/c1-11-20-18(29-30-22(31)14-7-5-12(24)9-16(14)26)3-2-4-19(20)33-21(11)23(32)28-13-6-8-15(25)17(27)10-13/h5-10H,2-4H2,1H3,(H,28,32)(H,30,31)/b29-18+. The van der Waals surface area contributed by atoms with Crippen LogP contribution in [0.3, 0.4) is 0 Å². The van der Waals surface area contributed by atoms with E-state index >= 15 is 0 Å². The molecule has 0 saturated heterocycles. The minimum atomic E-state index is -0.463. The summed E-state index contributed by atoms with van der Waals surface area (Å²) in [4.78, 5) is 25.4. The maximum absolute atomic E-state index is 12.9. The second-order valence-electron chi connectivity index (χ2n) is 7.41. The van der Waals surface area contributed by atoms with Gasteiger partial charge in [-0.1, -0.05) is 46.4 Å². The monoisotopic (exact) mass is 523 g/mol. The Morgan fingerprint density at radius 1 is 0.939 bits per heavy atom. The molecule has 0 unspecified atom stereocenters. The zero-order chi connectivity index (χ0) is 23.7. The van der Waals surface area contributed by atoms with E-state index in [9.17, 15) is 9.59 Å². The highest BCUT2D eigenvalue weighted by atomic mass is 35.5. The molecule has 1 aliphatic rings. The van der Waals surface area contributed by atoms with Gasteiger partial charge in [-0.25, -0.2) is 5.43 Å². The number of nitrogens with zero attached hydrogens (tertiary/aromatic N) is 1. The molecule has 1 aromatic heterocycles. The number of carbonyl (C=O) groups excluding carboxylic acids is 2. The molecule has 33 heavy (non-hydrogen) atoms. The topological polar surface area (TPSA) is 83.7 Å². The molecule has 1 aliphatic carbocycles. The molecule has 1 heterocycles. The summed E-state index contributed by atoms with van der Waals surface area (Å²) >= 11 is 24.0. The summed E-state index contributed by atoms with van der Waals surface area (Å²) in [6.45, 7) is 1.78. The SMILES string of the molecule is Cc1c(C(=O)Nc2ccc(Cl)c(Cl)c2)oc2c1/C(=N/NC(=O)c1ccc(Cl)cc1Cl)CCC2. The van der Waals surface area contributed by atoms with Crippen molar-refractivity contribution in [3.05, 3.63) is 84.7 Å². The molecule has 0 aliphatic heterocycles. The van der Waals surface area contributed by atoms with Crippen LogP contribution in [-0.2, 0) is 6.42 Å². The second kappa shape index (κ2) is 9.77. The summed E-state index contributed by atoms with van der Waals surface area (Å²) in [6.07, 6.45) is 2.05. The van der Waals surface area contributed by atoms with Gasteiger partial charge in [-0.2, -0.15) is 5.10 Å². The maximum Gasteiger partial charge on any atom is 0.291 e. The predicted molar refractivity (Wildman–Crippen MR) is 131 cm³/mol. The van der Waals surface area contributed by atoms with Crippen LogP contribution in [0.25, 0.3) is 0 Å². The van der Waals surface area contributed by atoms with Crippen LogP contribution in [0.4, 0.5) is 5.69 Å². The van der Waals surface area contributed by atoms with Crippen LogP contribution in [-0.4, -0.2) is 17.5 Å². The summed E-state index contributed by atoms with van der Waals surface area (Å²) in [6, 6.07) is 9.40. The Hall–Kier alpha value is -2.51. The minimum absolute atomic E-state index is 0.174. The number of hydrogen-bond donors (Lipinski definition) is 2. The molecule has 6 nitrogen and oxygen atoms in total. The molecule has 2 aromatic carbocycles. The van der Waals surface area contributed by atoms with Crippen molar-refractivity contribution in [3.63, 3.8) is 0 Å². The highest BCUT2D eigenvalue weighted by molar-refractivity contribution is 6.42. The molecule has 170 valence electrons. The molecule has 4 rings (SSSR count). The molecule has 0 saturated carbocycles. The summed E-state index contributed by atoms with van der Waals surface area (Å²) in [5.74, 6) is -0.0602. The van der Waals surface area contributed by atoms with Crippen molar-refractivity contribution < 1.29 is 14.0 Å². The second-order valence-corrected chi connectivity index (χ2v) is 9.07. The average molecular weight is 525 g/mol. The highest BCUT2D eigenvalue weighted by Gasteiger charge is 2.28. The highest BCUT2D eigenvalue weighted by Crippen LogP contribution is 2.31. The van der Waals surface area contributed by atoms with Gasteiger partial charge < -0.3 is 9.73 Å². The third kappa shape index (κ3) is 5.04. The summed E-state index contributed by atoms with van der Waals surface area (Å²) in [5.41, 5.74) is 5.28. The molecular formula is C23H17Cl4N3O3. The third-order valence-corrected chi connectivity index (χ3v) is 6.46. The van der Waals surface area contributed by atoms with Gasteiger partial charge >= 0.3 is 0 Å². The zero-order valence-electron chi connectivity index (χ0n) is 17.3. The first kappa shape index (κ1) is 23.6. The Morgan fingerprint density at radius 3 is 2.45 bits per heavy atom. The molecular weight excluding hydrogens is 508 g/mol. The van der Waals surface area contributed by atoms with Crippen LogP contribution < -0.4 is 10.7 Å². The lowest BCUT2D eigenvalue weighted by molar-refractivity contribution is 0.0953. The Balaban J connectivity index is 1.57. The molecule has 0 fully saturated rings. The number of carbonyl (C=O) groups is 2. The van der Waals surface area contributed by atoms with Crippen molar-refractivity contribution in [2.45, 2.75) is 26.2 Å². The van der Waals surface area contributed by atoms with E-state index in [0.29, 0.717) is 50.6 Å². The van der Waals surface area contributed by atoms with E-state index in [1.165, 1.54) is 12.1 Å². The van der Waals surface area contributed by atoms with E-state index in [4.69, 9.17) is 50.8 Å². The van der Waals surface area contributed by atoms with Crippen LogP contribution >= 0.6 is 46.4 Å². The zero-order valence-corrected chi connectivity index (χ0v) is 20.3. The minimum Gasteiger partial charge on any atom is -0.455 e. The first-order valence-electron chi connectivity index (χ1n) is 9.95. The lowest BCUT2D eigenvalue weighted by atomic mass is 9.93. The lowest BCUT2D eigenvalue weighted by Gasteiger charge is -2.13. The number of nitrogens with one attached hydrogen (secondary N) is 2. The third-order valence-electron chi connectivity index (χ3n) is 5.18. The van der Waals surface area contributed by atoms with Gasteiger partial charge in [0.1, 0.15) is 5.76 Å². The number of hydrogen-bond acceptors (Lipinski definition) is 4. The molecule has 2 amide bonds. The van der Waals surface area contributed by atoms with Crippen LogP contribution in [0.1, 0.15) is 50.6 Å². The molecule has 0 radical (unpaired) electrons. The van der Waals surface area contributed by atoms with Crippen molar-refractivity contribution >= 4 is 69.6 Å². The number of amides is 2. The Bertz CT molecular complexity index is 1300. The van der Waals surface area contributed by atoms with Crippen LogP contribution in [0.15, 0.2) is 45.9 Å². The van der Waals surface area contributed by atoms with Gasteiger partial charge in [0.15, 0.2) is 5.76 Å². The lowest BCUT2D eigenvalue weighted by Crippen LogP contribution is -2.22. The van der Waals surface area contributed by atoms with E-state index in [1.54, 1.807) is 31.2 Å². The van der Waals surface area contributed by atoms with E-state index in [1.807, 2.05) is 0 Å². The predicted octanol–water partition coefficient (Wildman–Crippen LogP) is 6.92. The molecule has 0 bridgehead atoms. The maximum atomic E-state index is 12.9. The molecule has 2 N–H and O–H groups in total. The number of halogens is 4. The van der Waals surface area contributed by atoms with E-state index < -0.39 is 11.8 Å². The van der Waals surface area contributed by atoms with Crippen molar-refractivity contribution in [2.75, 3.05) is 5.32 Å². The number of anilines is 1. The average Bonchev–Trinajstić information content (AvgIpc) is 3.12. The van der Waals surface area contributed by atoms with E-state index in [-0.39, 0.29) is 16.3 Å². The Morgan fingerprint density at radius 2 is 1.73 bits per heavy atom. The number of aryl methyl sites for hydroxylation is 1. The van der Waals surface area contributed by atoms with Crippen molar-refractivity contribution in [2.24, 2.45) is 5.10 Å². The van der Waals surface area contributed by atoms with Gasteiger partial charge in [0.05, 0.1) is 26.3 Å². The molecule has 0 atom stereocenters. The number of furan rings is 1. The number of benzene rings is 2. The van der Waals surface area contributed by atoms with Crippen LogP contribution in [0, 0.1) is 6.92 Å². The molecule has 10 heteroatoms. The largest absolute Gasteiger partial charge is 0.455 e. The van der Waals surface area contributed by atoms with Gasteiger partial charge in [0.2, 0.25) is 0 Å². The van der Waals surface area contributed by atoms with Gasteiger partial charge in [0.25, 0.3) is 11.8 Å². The normalized spacial score (nSPS) is 14.2.